The van der Waals surface area contributed by atoms with Crippen molar-refractivity contribution < 1.29 is 4.79 Å². The summed E-state index contributed by atoms with van der Waals surface area (Å²) in [4.78, 5) is 14.1. The molecule has 1 N–H and O–H groups in total. The third-order valence-corrected chi connectivity index (χ3v) is 3.86. The van der Waals surface area contributed by atoms with Crippen LogP contribution >= 0.6 is 0 Å². The molecule has 1 atom stereocenters. The first-order valence-corrected chi connectivity index (χ1v) is 6.33. The van der Waals surface area contributed by atoms with Crippen LogP contribution in [-0.4, -0.2) is 36.5 Å². The van der Waals surface area contributed by atoms with Crippen LogP contribution in [-0.2, 0) is 4.79 Å². The number of nitrogens with one attached hydrogen (secondary N) is 1. The van der Waals surface area contributed by atoms with Crippen molar-refractivity contribution in [3.05, 3.63) is 0 Å². The maximum atomic E-state index is 12.1. The Morgan fingerprint density at radius 3 is 2.60 bits per heavy atom. The van der Waals surface area contributed by atoms with Crippen LogP contribution in [0.15, 0.2) is 0 Å². The summed E-state index contributed by atoms with van der Waals surface area (Å²) in [6.45, 7) is 5.23. The molecule has 3 heteroatoms. The van der Waals surface area contributed by atoms with Gasteiger partial charge in [-0.05, 0) is 38.1 Å². The molecular weight excluding hydrogens is 188 g/mol. The van der Waals surface area contributed by atoms with Crippen molar-refractivity contribution in [1.29, 1.82) is 0 Å². The van der Waals surface area contributed by atoms with E-state index in [1.54, 1.807) is 0 Å². The van der Waals surface area contributed by atoms with Gasteiger partial charge in [0.25, 0.3) is 0 Å². The predicted octanol–water partition coefficient (Wildman–Crippen LogP) is 1.39. The molecule has 15 heavy (non-hydrogen) atoms. The number of rotatable bonds is 2. The molecule has 2 saturated heterocycles. The topological polar surface area (TPSA) is 32.3 Å². The average Bonchev–Trinajstić information content (AvgIpc) is 2.82. The Labute approximate surface area is 92.2 Å². The quantitative estimate of drug-likeness (QED) is 0.747. The highest BCUT2D eigenvalue weighted by Gasteiger charge is 2.29. The Morgan fingerprint density at radius 2 is 2.07 bits per heavy atom. The summed E-state index contributed by atoms with van der Waals surface area (Å²) >= 11 is 0. The summed E-state index contributed by atoms with van der Waals surface area (Å²) in [6.07, 6.45) is 5.86. The number of carbonyl (C=O) groups is 1. The van der Waals surface area contributed by atoms with Crippen LogP contribution in [0.3, 0.4) is 0 Å². The van der Waals surface area contributed by atoms with E-state index in [4.69, 9.17) is 0 Å². The molecule has 0 spiro atoms. The fourth-order valence-electron chi connectivity index (χ4n) is 2.68. The molecule has 2 fully saturated rings. The fourth-order valence-corrected chi connectivity index (χ4v) is 2.68. The second kappa shape index (κ2) is 4.97. The minimum atomic E-state index is 0.128. The zero-order chi connectivity index (χ0) is 10.7. The van der Waals surface area contributed by atoms with E-state index in [1.165, 1.54) is 19.3 Å². The smallest absolute Gasteiger partial charge is 0.239 e. The number of hydrogen-bond acceptors (Lipinski definition) is 2. The lowest BCUT2D eigenvalue weighted by Gasteiger charge is -2.33. The van der Waals surface area contributed by atoms with E-state index in [0.29, 0.717) is 5.91 Å². The Kier molecular flexibility index (Phi) is 3.62. The molecule has 3 nitrogen and oxygen atoms in total. The van der Waals surface area contributed by atoms with E-state index in [1.807, 2.05) is 0 Å². The standard InChI is InChI=1S/C12H22N2O/c1-2-10-5-8-14(9-6-10)12(15)11-4-3-7-13-11/h10-11,13H,2-9H2,1H3/t11-/m1/s1. The largest absolute Gasteiger partial charge is 0.341 e. The van der Waals surface area contributed by atoms with Gasteiger partial charge in [-0.1, -0.05) is 13.3 Å². The summed E-state index contributed by atoms with van der Waals surface area (Å²) in [6, 6.07) is 0.128. The number of nitrogens with zero attached hydrogens (tertiary/aromatic N) is 1. The highest BCUT2D eigenvalue weighted by atomic mass is 16.2. The van der Waals surface area contributed by atoms with Gasteiger partial charge in [0, 0.05) is 13.1 Å². The van der Waals surface area contributed by atoms with Crippen molar-refractivity contribution in [2.45, 2.75) is 45.1 Å². The van der Waals surface area contributed by atoms with Gasteiger partial charge in [0.15, 0.2) is 0 Å². The van der Waals surface area contributed by atoms with Gasteiger partial charge in [-0.15, -0.1) is 0 Å². The van der Waals surface area contributed by atoms with Crippen LogP contribution in [0.1, 0.15) is 39.0 Å². The summed E-state index contributed by atoms with van der Waals surface area (Å²) in [7, 11) is 0. The third kappa shape index (κ3) is 2.51. The number of amides is 1. The molecule has 2 aliphatic heterocycles. The van der Waals surface area contributed by atoms with Crippen molar-refractivity contribution in [3.63, 3.8) is 0 Å². The summed E-state index contributed by atoms with van der Waals surface area (Å²) in [5.41, 5.74) is 0. The fraction of sp³-hybridized carbons (Fsp3) is 0.917. The molecule has 0 aliphatic carbocycles. The third-order valence-electron chi connectivity index (χ3n) is 3.86. The van der Waals surface area contributed by atoms with Crippen LogP contribution in [0.2, 0.25) is 0 Å². The number of likely N-dealkylation sites (tertiary alicyclic amines) is 1. The molecule has 0 saturated carbocycles. The van der Waals surface area contributed by atoms with E-state index in [0.717, 1.165) is 38.4 Å². The second-order valence-electron chi connectivity index (χ2n) is 4.83. The molecule has 2 heterocycles. The maximum Gasteiger partial charge on any atom is 0.239 e. The Morgan fingerprint density at radius 1 is 1.33 bits per heavy atom. The first kappa shape index (κ1) is 10.9. The molecule has 0 bridgehead atoms. The minimum Gasteiger partial charge on any atom is -0.341 e. The van der Waals surface area contributed by atoms with E-state index < -0.39 is 0 Å². The second-order valence-corrected chi connectivity index (χ2v) is 4.83. The summed E-state index contributed by atoms with van der Waals surface area (Å²) < 4.78 is 0. The first-order valence-electron chi connectivity index (χ1n) is 6.33. The highest BCUT2D eigenvalue weighted by molar-refractivity contribution is 5.82. The van der Waals surface area contributed by atoms with Gasteiger partial charge in [0.2, 0.25) is 5.91 Å². The van der Waals surface area contributed by atoms with Gasteiger partial charge in [-0.3, -0.25) is 4.79 Å². The molecule has 0 aromatic carbocycles. The van der Waals surface area contributed by atoms with Gasteiger partial charge < -0.3 is 10.2 Å². The molecule has 0 aromatic rings. The normalized spacial score (nSPS) is 28.3. The van der Waals surface area contributed by atoms with E-state index in [2.05, 4.69) is 17.1 Å². The molecule has 1 amide bonds. The maximum absolute atomic E-state index is 12.1. The molecule has 0 radical (unpaired) electrons. The van der Waals surface area contributed by atoms with Crippen molar-refractivity contribution in [3.8, 4) is 0 Å². The van der Waals surface area contributed by atoms with Crippen molar-refractivity contribution in [1.82, 2.24) is 10.2 Å². The molecule has 0 unspecified atom stereocenters. The van der Waals surface area contributed by atoms with Crippen molar-refractivity contribution >= 4 is 5.91 Å². The van der Waals surface area contributed by atoms with E-state index >= 15 is 0 Å². The van der Waals surface area contributed by atoms with Gasteiger partial charge in [-0.2, -0.15) is 0 Å². The predicted molar refractivity (Wildman–Crippen MR) is 60.6 cm³/mol. The van der Waals surface area contributed by atoms with Gasteiger partial charge in [0.05, 0.1) is 6.04 Å². The van der Waals surface area contributed by atoms with Crippen LogP contribution in [0, 0.1) is 5.92 Å². The zero-order valence-corrected chi connectivity index (χ0v) is 9.67. The van der Waals surface area contributed by atoms with Gasteiger partial charge >= 0.3 is 0 Å². The van der Waals surface area contributed by atoms with Crippen LogP contribution in [0.5, 0.6) is 0 Å². The number of piperidine rings is 1. The molecule has 2 aliphatic rings. The van der Waals surface area contributed by atoms with Crippen molar-refractivity contribution in [2.75, 3.05) is 19.6 Å². The molecule has 86 valence electrons. The van der Waals surface area contributed by atoms with E-state index in [-0.39, 0.29) is 6.04 Å². The van der Waals surface area contributed by atoms with E-state index in [9.17, 15) is 4.79 Å². The van der Waals surface area contributed by atoms with Crippen molar-refractivity contribution in [2.24, 2.45) is 5.92 Å². The molecule has 2 rings (SSSR count). The summed E-state index contributed by atoms with van der Waals surface area (Å²) in [5, 5.41) is 3.29. The summed E-state index contributed by atoms with van der Waals surface area (Å²) in [5.74, 6) is 1.20. The Hall–Kier alpha value is -0.570. The number of hydrogen-bond donors (Lipinski definition) is 1. The SMILES string of the molecule is CCC1CCN(C(=O)[C@H]2CCCN2)CC1. The lowest BCUT2D eigenvalue weighted by Crippen LogP contribution is -2.46. The van der Waals surface area contributed by atoms with Crippen LogP contribution in [0.25, 0.3) is 0 Å². The highest BCUT2D eigenvalue weighted by Crippen LogP contribution is 2.21. The zero-order valence-electron chi connectivity index (χ0n) is 9.67. The lowest BCUT2D eigenvalue weighted by atomic mass is 9.94. The first-order chi connectivity index (χ1) is 7.31. The minimum absolute atomic E-state index is 0.128. The number of carbonyl (C=O) groups excluding carboxylic acids is 1. The Balaban J connectivity index is 1.81. The van der Waals surface area contributed by atoms with Gasteiger partial charge in [0.1, 0.15) is 0 Å². The monoisotopic (exact) mass is 210 g/mol. The van der Waals surface area contributed by atoms with Crippen LogP contribution < -0.4 is 5.32 Å². The average molecular weight is 210 g/mol. The molecule has 0 aromatic heterocycles. The van der Waals surface area contributed by atoms with Gasteiger partial charge in [-0.25, -0.2) is 0 Å². The Bertz CT molecular complexity index is 216. The lowest BCUT2D eigenvalue weighted by molar-refractivity contribution is -0.134. The molecular formula is C12H22N2O. The van der Waals surface area contributed by atoms with Crippen LogP contribution in [0.4, 0.5) is 0 Å².